The summed E-state index contributed by atoms with van der Waals surface area (Å²) in [5.41, 5.74) is 0.844. The highest BCUT2D eigenvalue weighted by Gasteiger charge is 2.16. The minimum Gasteiger partial charge on any atom is -0.388 e. The zero-order valence-corrected chi connectivity index (χ0v) is 12.0. The average Bonchev–Trinajstić information content (AvgIpc) is 2.36. The molecule has 1 unspecified atom stereocenters. The molecule has 0 aliphatic rings. The first kappa shape index (κ1) is 14.6. The number of aliphatic hydroxyl groups excluding tert-OH is 1. The van der Waals surface area contributed by atoms with Gasteiger partial charge in [0.05, 0.1) is 11.1 Å². The molecule has 0 spiro atoms. The molecule has 0 amide bonds. The van der Waals surface area contributed by atoms with E-state index in [1.807, 2.05) is 0 Å². The molecule has 0 bridgehead atoms. The topological polar surface area (TPSA) is 20.2 Å². The molecule has 100 valence electrons. The van der Waals surface area contributed by atoms with Crippen molar-refractivity contribution in [1.29, 1.82) is 0 Å². The maximum absolute atomic E-state index is 13.8. The summed E-state index contributed by atoms with van der Waals surface area (Å²) in [5, 5.41) is 11.0. The van der Waals surface area contributed by atoms with E-state index in [4.69, 9.17) is 34.8 Å². The molecule has 0 heterocycles. The Morgan fingerprint density at radius 3 is 2.47 bits per heavy atom. The molecular formula is C14H10Cl3FO. The van der Waals surface area contributed by atoms with Gasteiger partial charge in [-0.1, -0.05) is 53.0 Å². The van der Waals surface area contributed by atoms with E-state index in [1.54, 1.807) is 24.3 Å². The number of halogens is 4. The molecule has 2 aromatic carbocycles. The van der Waals surface area contributed by atoms with Crippen molar-refractivity contribution in [2.24, 2.45) is 0 Å². The minimum absolute atomic E-state index is 0.0150. The van der Waals surface area contributed by atoms with Crippen LogP contribution in [0.15, 0.2) is 36.4 Å². The van der Waals surface area contributed by atoms with Crippen molar-refractivity contribution < 1.29 is 9.50 Å². The number of hydrogen-bond donors (Lipinski definition) is 1. The average molecular weight is 320 g/mol. The molecule has 0 aliphatic carbocycles. The highest BCUT2D eigenvalue weighted by atomic mass is 35.5. The molecule has 0 saturated carbocycles. The summed E-state index contributed by atoms with van der Waals surface area (Å²) in [7, 11) is 0. The van der Waals surface area contributed by atoms with Gasteiger partial charge < -0.3 is 5.11 Å². The van der Waals surface area contributed by atoms with Crippen LogP contribution in [0, 0.1) is 5.82 Å². The maximum atomic E-state index is 13.8. The lowest BCUT2D eigenvalue weighted by Gasteiger charge is -2.13. The highest BCUT2D eigenvalue weighted by molar-refractivity contribution is 6.35. The fourth-order valence-electron chi connectivity index (χ4n) is 1.78. The summed E-state index contributed by atoms with van der Waals surface area (Å²) in [6.45, 7) is 0. The second kappa shape index (κ2) is 6.10. The molecule has 2 rings (SSSR count). The van der Waals surface area contributed by atoms with Gasteiger partial charge in [-0.15, -0.1) is 0 Å². The minimum atomic E-state index is -1.02. The van der Waals surface area contributed by atoms with Crippen LogP contribution in [0.3, 0.4) is 0 Å². The normalized spacial score (nSPS) is 12.5. The largest absolute Gasteiger partial charge is 0.388 e. The van der Waals surface area contributed by atoms with Crippen molar-refractivity contribution in [2.45, 2.75) is 12.5 Å². The van der Waals surface area contributed by atoms with Crippen LogP contribution in [-0.2, 0) is 6.42 Å². The lowest BCUT2D eigenvalue weighted by molar-refractivity contribution is 0.173. The molecule has 5 heteroatoms. The van der Waals surface area contributed by atoms with Crippen LogP contribution in [-0.4, -0.2) is 5.11 Å². The summed E-state index contributed by atoms with van der Waals surface area (Å²) in [6, 6.07) is 9.48. The second-order valence-corrected chi connectivity index (χ2v) is 5.35. The van der Waals surface area contributed by atoms with Crippen LogP contribution in [0.1, 0.15) is 17.2 Å². The molecule has 0 saturated heterocycles. The zero-order valence-electron chi connectivity index (χ0n) is 9.71. The predicted molar refractivity (Wildman–Crippen MR) is 76.5 cm³/mol. The Labute approximate surface area is 125 Å². The third-order valence-corrected chi connectivity index (χ3v) is 3.65. The number of benzene rings is 2. The predicted octanol–water partition coefficient (Wildman–Crippen LogP) is 5.06. The molecule has 0 fully saturated rings. The summed E-state index contributed by atoms with van der Waals surface area (Å²) in [4.78, 5) is 0. The van der Waals surface area contributed by atoms with E-state index < -0.39 is 11.9 Å². The van der Waals surface area contributed by atoms with Crippen molar-refractivity contribution in [3.05, 3.63) is 68.4 Å². The van der Waals surface area contributed by atoms with Crippen molar-refractivity contribution in [2.75, 3.05) is 0 Å². The molecule has 0 aromatic heterocycles. The van der Waals surface area contributed by atoms with Crippen molar-refractivity contribution in [3.63, 3.8) is 0 Å². The molecule has 0 aliphatic heterocycles. The summed E-state index contributed by atoms with van der Waals surface area (Å²) < 4.78 is 13.8. The van der Waals surface area contributed by atoms with Gasteiger partial charge in [-0.2, -0.15) is 0 Å². The van der Waals surface area contributed by atoms with Crippen LogP contribution in [0.2, 0.25) is 15.1 Å². The van der Waals surface area contributed by atoms with Gasteiger partial charge in [-0.05, 0) is 23.8 Å². The molecule has 19 heavy (non-hydrogen) atoms. The van der Waals surface area contributed by atoms with E-state index in [1.165, 1.54) is 12.1 Å². The first-order chi connectivity index (χ1) is 8.99. The Bertz CT molecular complexity index is 601. The second-order valence-electron chi connectivity index (χ2n) is 4.10. The fourth-order valence-corrected chi connectivity index (χ4v) is 2.45. The standard InChI is InChI=1S/C14H10Cl3FO/c15-9-5-4-8(12(17)7-9)6-13(19)10-2-1-3-11(16)14(10)18/h1-5,7,13,19H,6H2. The Morgan fingerprint density at radius 1 is 1.05 bits per heavy atom. The van der Waals surface area contributed by atoms with Crippen LogP contribution in [0.4, 0.5) is 4.39 Å². The first-order valence-electron chi connectivity index (χ1n) is 5.55. The third-order valence-electron chi connectivity index (χ3n) is 2.77. The monoisotopic (exact) mass is 318 g/mol. The third kappa shape index (κ3) is 3.40. The lowest BCUT2D eigenvalue weighted by atomic mass is 10.0. The molecule has 0 radical (unpaired) electrons. The van der Waals surface area contributed by atoms with Gasteiger partial charge in [0.2, 0.25) is 0 Å². The number of aliphatic hydroxyl groups is 1. The van der Waals surface area contributed by atoms with Crippen LogP contribution in [0.5, 0.6) is 0 Å². The number of hydrogen-bond acceptors (Lipinski definition) is 1. The summed E-state index contributed by atoms with van der Waals surface area (Å²) in [6.07, 6.45) is -0.829. The van der Waals surface area contributed by atoms with E-state index in [0.717, 1.165) is 0 Å². The van der Waals surface area contributed by atoms with Crippen LogP contribution in [0.25, 0.3) is 0 Å². The summed E-state index contributed by atoms with van der Waals surface area (Å²) in [5.74, 6) is -0.609. The maximum Gasteiger partial charge on any atom is 0.147 e. The molecule has 2 aromatic rings. The van der Waals surface area contributed by atoms with E-state index in [-0.39, 0.29) is 17.0 Å². The van der Waals surface area contributed by atoms with Crippen molar-refractivity contribution in [3.8, 4) is 0 Å². The van der Waals surface area contributed by atoms with Gasteiger partial charge in [0.25, 0.3) is 0 Å². The van der Waals surface area contributed by atoms with Crippen LogP contribution < -0.4 is 0 Å². The number of rotatable bonds is 3. The molecule has 1 N–H and O–H groups in total. The molecular weight excluding hydrogens is 310 g/mol. The van der Waals surface area contributed by atoms with Gasteiger partial charge in [0, 0.05) is 22.0 Å². The van der Waals surface area contributed by atoms with E-state index in [9.17, 15) is 9.50 Å². The van der Waals surface area contributed by atoms with Gasteiger partial charge in [-0.25, -0.2) is 4.39 Å². The molecule has 1 nitrogen and oxygen atoms in total. The quantitative estimate of drug-likeness (QED) is 0.838. The van der Waals surface area contributed by atoms with Gasteiger partial charge in [-0.3, -0.25) is 0 Å². The van der Waals surface area contributed by atoms with Gasteiger partial charge >= 0.3 is 0 Å². The van der Waals surface area contributed by atoms with Gasteiger partial charge in [0.15, 0.2) is 0 Å². The summed E-state index contributed by atoms with van der Waals surface area (Å²) >= 11 is 17.5. The zero-order chi connectivity index (χ0) is 14.0. The van der Waals surface area contributed by atoms with Crippen LogP contribution >= 0.6 is 34.8 Å². The van der Waals surface area contributed by atoms with Crippen molar-refractivity contribution in [1.82, 2.24) is 0 Å². The first-order valence-corrected chi connectivity index (χ1v) is 6.68. The van der Waals surface area contributed by atoms with Crippen molar-refractivity contribution >= 4 is 34.8 Å². The Kier molecular flexibility index (Phi) is 4.69. The van der Waals surface area contributed by atoms with E-state index in [2.05, 4.69) is 0 Å². The fraction of sp³-hybridized carbons (Fsp3) is 0.143. The SMILES string of the molecule is OC(Cc1ccc(Cl)cc1Cl)c1cccc(Cl)c1F. The Hall–Kier alpha value is -0.800. The van der Waals surface area contributed by atoms with Gasteiger partial charge in [0.1, 0.15) is 5.82 Å². The van der Waals surface area contributed by atoms with E-state index >= 15 is 0 Å². The smallest absolute Gasteiger partial charge is 0.147 e. The Morgan fingerprint density at radius 2 is 1.79 bits per heavy atom. The van der Waals surface area contributed by atoms with E-state index in [0.29, 0.717) is 15.6 Å². The molecule has 1 atom stereocenters. The Balaban J connectivity index is 2.25. The highest BCUT2D eigenvalue weighted by Crippen LogP contribution is 2.29. The lowest BCUT2D eigenvalue weighted by Crippen LogP contribution is -2.05.